The van der Waals surface area contributed by atoms with E-state index in [0.29, 0.717) is 0 Å². The first-order valence-corrected chi connectivity index (χ1v) is 5.52. The van der Waals surface area contributed by atoms with E-state index in [1.165, 1.54) is 6.33 Å². The molecule has 0 radical (unpaired) electrons. The zero-order valence-electron chi connectivity index (χ0n) is 10.2. The van der Waals surface area contributed by atoms with Crippen molar-refractivity contribution >= 4 is 17.3 Å². The Labute approximate surface area is 100 Å². The van der Waals surface area contributed by atoms with Crippen molar-refractivity contribution in [2.24, 2.45) is 7.05 Å². The second kappa shape index (κ2) is 4.82. The van der Waals surface area contributed by atoms with Crippen molar-refractivity contribution in [3.05, 3.63) is 24.3 Å². The van der Waals surface area contributed by atoms with Gasteiger partial charge >= 0.3 is 0 Å². The molecule has 17 heavy (non-hydrogen) atoms. The molecule has 0 amide bonds. The van der Waals surface area contributed by atoms with Crippen LogP contribution < -0.4 is 10.6 Å². The molecule has 0 saturated heterocycles. The maximum Gasteiger partial charge on any atom is 0.135 e. The summed E-state index contributed by atoms with van der Waals surface area (Å²) in [5, 5.41) is 10.6. The molecule has 0 aliphatic rings. The molecule has 0 atom stereocenters. The number of rotatable bonds is 4. The third-order valence-corrected chi connectivity index (χ3v) is 2.30. The van der Waals surface area contributed by atoms with Crippen molar-refractivity contribution < 1.29 is 0 Å². The van der Waals surface area contributed by atoms with Crippen LogP contribution >= 0.6 is 0 Å². The lowest BCUT2D eigenvalue weighted by atomic mass is 10.4. The Morgan fingerprint density at radius 3 is 2.71 bits per heavy atom. The highest BCUT2D eigenvalue weighted by atomic mass is 15.3. The molecule has 6 heteroatoms. The number of aromatic nitrogens is 4. The maximum absolute atomic E-state index is 4.26. The van der Waals surface area contributed by atoms with E-state index in [1.54, 1.807) is 4.68 Å². The number of aryl methyl sites for hydroxylation is 2. The van der Waals surface area contributed by atoms with E-state index < -0.39 is 0 Å². The Morgan fingerprint density at radius 1 is 1.29 bits per heavy atom. The molecule has 0 unspecified atom stereocenters. The fraction of sp³-hybridized carbons (Fsp3) is 0.364. The van der Waals surface area contributed by atoms with E-state index in [4.69, 9.17) is 0 Å². The van der Waals surface area contributed by atoms with Gasteiger partial charge in [-0.25, -0.2) is 9.97 Å². The van der Waals surface area contributed by atoms with E-state index in [9.17, 15) is 0 Å². The van der Waals surface area contributed by atoms with Crippen LogP contribution in [0, 0.1) is 6.92 Å². The topological polar surface area (TPSA) is 67.7 Å². The molecule has 2 heterocycles. The van der Waals surface area contributed by atoms with Crippen molar-refractivity contribution in [3.63, 3.8) is 0 Å². The minimum Gasteiger partial charge on any atom is -0.370 e. The first-order chi connectivity index (χ1) is 8.19. The number of anilines is 3. The van der Waals surface area contributed by atoms with Gasteiger partial charge in [-0.15, -0.1) is 0 Å². The van der Waals surface area contributed by atoms with Crippen LogP contribution in [0.1, 0.15) is 12.6 Å². The lowest BCUT2D eigenvalue weighted by Crippen LogP contribution is -2.01. The third-order valence-electron chi connectivity index (χ3n) is 2.30. The first-order valence-electron chi connectivity index (χ1n) is 5.52. The number of hydrogen-bond acceptors (Lipinski definition) is 5. The third kappa shape index (κ3) is 2.72. The zero-order chi connectivity index (χ0) is 12.3. The summed E-state index contributed by atoms with van der Waals surface area (Å²) >= 11 is 0. The van der Waals surface area contributed by atoms with Gasteiger partial charge in [-0.2, -0.15) is 5.10 Å². The van der Waals surface area contributed by atoms with Gasteiger partial charge in [0.25, 0.3) is 0 Å². The van der Waals surface area contributed by atoms with Gasteiger partial charge in [0.2, 0.25) is 0 Å². The smallest absolute Gasteiger partial charge is 0.135 e. The zero-order valence-corrected chi connectivity index (χ0v) is 10.2. The normalized spacial score (nSPS) is 10.3. The first kappa shape index (κ1) is 11.4. The molecule has 0 saturated carbocycles. The van der Waals surface area contributed by atoms with E-state index >= 15 is 0 Å². The molecule has 0 aliphatic heterocycles. The lowest BCUT2D eigenvalue weighted by Gasteiger charge is -2.06. The van der Waals surface area contributed by atoms with Crippen molar-refractivity contribution in [3.8, 4) is 0 Å². The van der Waals surface area contributed by atoms with Gasteiger partial charge in [-0.05, 0) is 13.8 Å². The van der Waals surface area contributed by atoms with E-state index in [1.807, 2.05) is 33.2 Å². The summed E-state index contributed by atoms with van der Waals surface area (Å²) in [5.74, 6) is 1.57. The summed E-state index contributed by atoms with van der Waals surface area (Å²) in [6.07, 6.45) is 3.45. The highest BCUT2D eigenvalue weighted by Gasteiger charge is 2.04. The van der Waals surface area contributed by atoms with Gasteiger partial charge < -0.3 is 10.6 Å². The van der Waals surface area contributed by atoms with Gasteiger partial charge in [0, 0.05) is 25.9 Å². The van der Waals surface area contributed by atoms with Crippen molar-refractivity contribution in [1.82, 2.24) is 19.7 Å². The van der Waals surface area contributed by atoms with Crippen molar-refractivity contribution in [2.45, 2.75) is 13.8 Å². The second-order valence-electron chi connectivity index (χ2n) is 3.75. The van der Waals surface area contributed by atoms with Crippen LogP contribution in [0.2, 0.25) is 0 Å². The summed E-state index contributed by atoms with van der Waals surface area (Å²) < 4.78 is 1.77. The number of nitrogens with one attached hydrogen (secondary N) is 2. The summed E-state index contributed by atoms with van der Waals surface area (Å²) in [6, 6.07) is 1.87. The summed E-state index contributed by atoms with van der Waals surface area (Å²) in [7, 11) is 1.89. The van der Waals surface area contributed by atoms with E-state index in [2.05, 4.69) is 25.7 Å². The predicted octanol–water partition coefficient (Wildman–Crippen LogP) is 1.69. The molecule has 0 fully saturated rings. The van der Waals surface area contributed by atoms with Gasteiger partial charge in [0.15, 0.2) is 0 Å². The Hall–Kier alpha value is -2.11. The Kier molecular flexibility index (Phi) is 3.22. The van der Waals surface area contributed by atoms with E-state index in [0.717, 1.165) is 29.6 Å². The van der Waals surface area contributed by atoms with Crippen LogP contribution in [0.5, 0.6) is 0 Å². The molecule has 6 nitrogen and oxygen atoms in total. The van der Waals surface area contributed by atoms with Gasteiger partial charge in [-0.1, -0.05) is 0 Å². The summed E-state index contributed by atoms with van der Waals surface area (Å²) in [4.78, 5) is 8.28. The maximum atomic E-state index is 4.26. The fourth-order valence-electron chi connectivity index (χ4n) is 1.56. The van der Waals surface area contributed by atoms with E-state index in [-0.39, 0.29) is 0 Å². The van der Waals surface area contributed by atoms with Gasteiger partial charge in [0.1, 0.15) is 18.0 Å². The average molecular weight is 232 g/mol. The highest BCUT2D eigenvalue weighted by molar-refractivity contribution is 5.59. The molecule has 0 spiro atoms. The predicted molar refractivity (Wildman–Crippen MR) is 67.4 cm³/mol. The van der Waals surface area contributed by atoms with Crippen LogP contribution in [0.4, 0.5) is 17.3 Å². The minimum absolute atomic E-state index is 0.757. The Morgan fingerprint density at radius 2 is 2.06 bits per heavy atom. The fourth-order valence-corrected chi connectivity index (χ4v) is 1.56. The van der Waals surface area contributed by atoms with Crippen LogP contribution in [-0.4, -0.2) is 26.3 Å². The molecular formula is C11H16N6. The number of hydrogen-bond donors (Lipinski definition) is 2. The van der Waals surface area contributed by atoms with Gasteiger partial charge in [-0.3, -0.25) is 4.68 Å². The van der Waals surface area contributed by atoms with Crippen molar-refractivity contribution in [1.29, 1.82) is 0 Å². The number of nitrogens with zero attached hydrogens (tertiary/aromatic N) is 4. The summed E-state index contributed by atoms with van der Waals surface area (Å²) in [5.41, 5.74) is 1.89. The average Bonchev–Trinajstić information content (AvgIpc) is 2.58. The monoisotopic (exact) mass is 232 g/mol. The van der Waals surface area contributed by atoms with Crippen molar-refractivity contribution in [2.75, 3.05) is 17.2 Å². The summed E-state index contributed by atoms with van der Waals surface area (Å²) in [6.45, 7) is 4.82. The molecule has 2 aromatic heterocycles. The lowest BCUT2D eigenvalue weighted by molar-refractivity contribution is 0.756. The quantitative estimate of drug-likeness (QED) is 0.839. The van der Waals surface area contributed by atoms with Gasteiger partial charge in [0.05, 0.1) is 11.4 Å². The molecule has 90 valence electrons. The SMILES string of the molecule is CCNc1cc(Nc2cn(C)nc2C)ncn1. The van der Waals surface area contributed by atoms with Crippen LogP contribution in [0.25, 0.3) is 0 Å². The molecular weight excluding hydrogens is 216 g/mol. The molecule has 0 bridgehead atoms. The Bertz CT molecular complexity index is 504. The highest BCUT2D eigenvalue weighted by Crippen LogP contribution is 2.18. The molecule has 0 aromatic carbocycles. The molecule has 0 aliphatic carbocycles. The largest absolute Gasteiger partial charge is 0.370 e. The van der Waals surface area contributed by atoms with Crippen LogP contribution in [0.15, 0.2) is 18.6 Å². The molecule has 2 rings (SSSR count). The molecule has 2 N–H and O–H groups in total. The minimum atomic E-state index is 0.757. The van der Waals surface area contributed by atoms with Crippen LogP contribution in [0.3, 0.4) is 0 Å². The second-order valence-corrected chi connectivity index (χ2v) is 3.75. The molecule has 2 aromatic rings. The van der Waals surface area contributed by atoms with Crippen LogP contribution in [-0.2, 0) is 7.05 Å². The standard InChI is InChI=1S/C11H16N6/c1-4-12-10-5-11(14-7-13-10)15-9-6-17(3)16-8(9)2/h5-7H,4H2,1-3H3,(H2,12,13,14,15). The Balaban J connectivity index is 2.18.